The standard InChI is InChI=1S/C22H24N2O3S/c1-2-3-17-4-10-20(11-5-17)27-21-12-6-18(7-13-21)16-24-28(25,26)22-14-8-19(23)9-15-22/h4-15,24H,2-3,16,23H2,1H3. The van der Waals surface area contributed by atoms with E-state index < -0.39 is 10.0 Å². The van der Waals surface area contributed by atoms with Gasteiger partial charge in [0.2, 0.25) is 10.0 Å². The molecule has 3 rings (SSSR count). The molecule has 3 aromatic rings. The number of nitrogens with two attached hydrogens (primary N) is 1. The van der Waals surface area contributed by atoms with Gasteiger partial charge in [-0.1, -0.05) is 37.6 Å². The van der Waals surface area contributed by atoms with Crippen molar-refractivity contribution in [3.05, 3.63) is 83.9 Å². The minimum Gasteiger partial charge on any atom is -0.457 e. The minimum absolute atomic E-state index is 0.188. The van der Waals surface area contributed by atoms with E-state index in [1.807, 2.05) is 36.4 Å². The molecule has 0 atom stereocenters. The van der Waals surface area contributed by atoms with Crippen LogP contribution in [0.2, 0.25) is 0 Å². The molecule has 0 heterocycles. The van der Waals surface area contributed by atoms with Crippen molar-refractivity contribution in [2.45, 2.75) is 31.2 Å². The number of nitrogen functional groups attached to an aromatic ring is 1. The zero-order chi connectivity index (χ0) is 20.0. The third-order valence-corrected chi connectivity index (χ3v) is 5.69. The van der Waals surface area contributed by atoms with E-state index in [4.69, 9.17) is 10.5 Å². The topological polar surface area (TPSA) is 81.4 Å². The van der Waals surface area contributed by atoms with Gasteiger partial charge in [-0.3, -0.25) is 0 Å². The van der Waals surface area contributed by atoms with Crippen LogP contribution in [0.4, 0.5) is 5.69 Å². The SMILES string of the molecule is CCCc1ccc(Oc2ccc(CNS(=O)(=O)c3ccc(N)cc3)cc2)cc1. The Bertz CT molecular complexity index is 997. The van der Waals surface area contributed by atoms with E-state index >= 15 is 0 Å². The van der Waals surface area contributed by atoms with Crippen molar-refractivity contribution < 1.29 is 13.2 Å². The van der Waals surface area contributed by atoms with Gasteiger partial charge in [0.15, 0.2) is 0 Å². The molecule has 0 fully saturated rings. The van der Waals surface area contributed by atoms with Crippen LogP contribution < -0.4 is 15.2 Å². The highest BCUT2D eigenvalue weighted by Gasteiger charge is 2.13. The summed E-state index contributed by atoms with van der Waals surface area (Å²) in [5, 5.41) is 0. The first-order chi connectivity index (χ1) is 13.5. The summed E-state index contributed by atoms with van der Waals surface area (Å²) in [4.78, 5) is 0.188. The molecule has 3 N–H and O–H groups in total. The van der Waals surface area contributed by atoms with Crippen LogP contribution in [0.5, 0.6) is 11.5 Å². The number of nitrogens with one attached hydrogen (secondary N) is 1. The van der Waals surface area contributed by atoms with Crippen LogP contribution in [0.25, 0.3) is 0 Å². The maximum Gasteiger partial charge on any atom is 0.240 e. The monoisotopic (exact) mass is 396 g/mol. The molecule has 0 aliphatic heterocycles. The first-order valence-electron chi connectivity index (χ1n) is 9.17. The van der Waals surface area contributed by atoms with E-state index in [1.54, 1.807) is 12.1 Å². The molecular weight excluding hydrogens is 372 g/mol. The normalized spacial score (nSPS) is 11.3. The molecule has 0 aliphatic carbocycles. The summed E-state index contributed by atoms with van der Waals surface area (Å²) >= 11 is 0. The van der Waals surface area contributed by atoms with Gasteiger partial charge in [-0.05, 0) is 66.1 Å². The number of ether oxygens (including phenoxy) is 1. The Morgan fingerprint density at radius 1 is 0.821 bits per heavy atom. The van der Waals surface area contributed by atoms with Crippen molar-refractivity contribution >= 4 is 15.7 Å². The number of sulfonamides is 1. The molecule has 0 saturated heterocycles. The van der Waals surface area contributed by atoms with E-state index in [1.165, 1.54) is 17.7 Å². The predicted octanol–water partition coefficient (Wildman–Crippen LogP) is 4.49. The summed E-state index contributed by atoms with van der Waals surface area (Å²) in [6, 6.07) is 21.5. The second-order valence-electron chi connectivity index (χ2n) is 6.53. The van der Waals surface area contributed by atoms with Crippen LogP contribution in [0.15, 0.2) is 77.7 Å². The second-order valence-corrected chi connectivity index (χ2v) is 8.30. The molecule has 0 spiro atoms. The quantitative estimate of drug-likeness (QED) is 0.550. The fourth-order valence-electron chi connectivity index (χ4n) is 2.73. The summed E-state index contributed by atoms with van der Waals surface area (Å²) < 4.78 is 33.1. The lowest BCUT2D eigenvalue weighted by molar-refractivity contribution is 0.482. The van der Waals surface area contributed by atoms with Crippen molar-refractivity contribution in [3.8, 4) is 11.5 Å². The molecular formula is C22H24N2O3S. The van der Waals surface area contributed by atoms with Crippen LogP contribution in [0, 0.1) is 0 Å². The highest BCUT2D eigenvalue weighted by Crippen LogP contribution is 2.22. The molecule has 146 valence electrons. The maximum absolute atomic E-state index is 12.3. The van der Waals surface area contributed by atoms with Crippen molar-refractivity contribution in [2.75, 3.05) is 5.73 Å². The summed E-state index contributed by atoms with van der Waals surface area (Å²) in [5.41, 5.74) is 8.25. The molecule has 0 aromatic heterocycles. The van der Waals surface area contributed by atoms with Gasteiger partial charge in [0.25, 0.3) is 0 Å². The zero-order valence-corrected chi connectivity index (χ0v) is 16.6. The maximum atomic E-state index is 12.3. The van der Waals surface area contributed by atoms with E-state index in [0.717, 1.165) is 24.2 Å². The Labute approximate surface area is 166 Å². The summed E-state index contributed by atoms with van der Waals surface area (Å²) in [6.45, 7) is 2.35. The Morgan fingerprint density at radius 3 is 1.89 bits per heavy atom. The van der Waals surface area contributed by atoms with Crippen LogP contribution in [0.1, 0.15) is 24.5 Å². The fourth-order valence-corrected chi connectivity index (χ4v) is 3.75. The third-order valence-electron chi connectivity index (χ3n) is 4.28. The van der Waals surface area contributed by atoms with Crippen LogP contribution >= 0.6 is 0 Å². The lowest BCUT2D eigenvalue weighted by Gasteiger charge is -2.09. The molecule has 3 aromatic carbocycles. The highest BCUT2D eigenvalue weighted by molar-refractivity contribution is 7.89. The van der Waals surface area contributed by atoms with Crippen LogP contribution in [-0.2, 0) is 23.0 Å². The zero-order valence-electron chi connectivity index (χ0n) is 15.8. The van der Waals surface area contributed by atoms with Gasteiger partial charge in [-0.2, -0.15) is 0 Å². The smallest absolute Gasteiger partial charge is 0.240 e. The molecule has 0 unspecified atom stereocenters. The average Bonchev–Trinajstić information content (AvgIpc) is 2.70. The molecule has 0 amide bonds. The molecule has 6 heteroatoms. The van der Waals surface area contributed by atoms with Gasteiger partial charge >= 0.3 is 0 Å². The molecule has 5 nitrogen and oxygen atoms in total. The molecule has 0 radical (unpaired) electrons. The van der Waals surface area contributed by atoms with Crippen molar-refractivity contribution in [1.29, 1.82) is 0 Å². The molecule has 0 aliphatic rings. The van der Waals surface area contributed by atoms with Gasteiger partial charge in [0, 0.05) is 12.2 Å². The first kappa shape index (κ1) is 19.9. The van der Waals surface area contributed by atoms with Crippen molar-refractivity contribution in [2.24, 2.45) is 0 Å². The Balaban J connectivity index is 1.59. The lowest BCUT2D eigenvalue weighted by Crippen LogP contribution is -2.23. The minimum atomic E-state index is -3.58. The lowest BCUT2D eigenvalue weighted by atomic mass is 10.1. The number of anilines is 1. The third kappa shape index (κ3) is 5.34. The van der Waals surface area contributed by atoms with E-state index in [-0.39, 0.29) is 11.4 Å². The van der Waals surface area contributed by atoms with E-state index in [2.05, 4.69) is 23.8 Å². The fraction of sp³-hybridized carbons (Fsp3) is 0.182. The van der Waals surface area contributed by atoms with Crippen LogP contribution in [0.3, 0.4) is 0 Å². The number of hydrogen-bond acceptors (Lipinski definition) is 4. The second kappa shape index (κ2) is 8.91. The molecule has 28 heavy (non-hydrogen) atoms. The number of hydrogen-bond donors (Lipinski definition) is 2. The first-order valence-corrected chi connectivity index (χ1v) is 10.7. The van der Waals surface area contributed by atoms with Gasteiger partial charge in [-0.15, -0.1) is 0 Å². The number of rotatable bonds is 8. The van der Waals surface area contributed by atoms with E-state index in [0.29, 0.717) is 11.4 Å². The molecule has 0 bridgehead atoms. The highest BCUT2D eigenvalue weighted by atomic mass is 32.2. The number of benzene rings is 3. The van der Waals surface area contributed by atoms with Crippen molar-refractivity contribution in [1.82, 2.24) is 4.72 Å². The van der Waals surface area contributed by atoms with Gasteiger partial charge < -0.3 is 10.5 Å². The van der Waals surface area contributed by atoms with Crippen molar-refractivity contribution in [3.63, 3.8) is 0 Å². The van der Waals surface area contributed by atoms with E-state index in [9.17, 15) is 8.42 Å². The Hall–Kier alpha value is -2.83. The molecule has 0 saturated carbocycles. The van der Waals surface area contributed by atoms with Crippen LogP contribution in [-0.4, -0.2) is 8.42 Å². The largest absolute Gasteiger partial charge is 0.457 e. The predicted molar refractivity (Wildman–Crippen MR) is 112 cm³/mol. The van der Waals surface area contributed by atoms with Gasteiger partial charge in [0.05, 0.1) is 4.90 Å². The summed E-state index contributed by atoms with van der Waals surface area (Å²) in [7, 11) is -3.58. The van der Waals surface area contributed by atoms with Gasteiger partial charge in [-0.25, -0.2) is 13.1 Å². The summed E-state index contributed by atoms with van der Waals surface area (Å²) in [5.74, 6) is 1.48. The van der Waals surface area contributed by atoms with Gasteiger partial charge in [0.1, 0.15) is 11.5 Å². The Kier molecular flexibility index (Phi) is 6.34. The average molecular weight is 397 g/mol. The Morgan fingerprint density at radius 2 is 1.36 bits per heavy atom. The summed E-state index contributed by atoms with van der Waals surface area (Å²) in [6.07, 6.45) is 2.17. The number of aryl methyl sites for hydroxylation is 1.